The van der Waals surface area contributed by atoms with Crippen LogP contribution in [0, 0.1) is 0 Å². The van der Waals surface area contributed by atoms with E-state index in [4.69, 9.17) is 4.74 Å². The first-order valence-electron chi connectivity index (χ1n) is 11.3. The van der Waals surface area contributed by atoms with Gasteiger partial charge in [-0.1, -0.05) is 48.6 Å². The molecule has 0 spiro atoms. The summed E-state index contributed by atoms with van der Waals surface area (Å²) in [4.78, 5) is 19.5. The molecule has 1 saturated heterocycles. The van der Waals surface area contributed by atoms with E-state index in [9.17, 15) is 4.79 Å². The van der Waals surface area contributed by atoms with E-state index in [2.05, 4.69) is 41.5 Å². The molecule has 2 aliphatic rings. The van der Waals surface area contributed by atoms with Crippen LogP contribution in [0.1, 0.15) is 30.0 Å². The summed E-state index contributed by atoms with van der Waals surface area (Å²) in [7, 11) is 0. The molecule has 164 valence electrons. The number of ether oxygens (including phenoxy) is 1. The SMILES string of the molecule is C=C(C)CN1CCN(c2ccc3c(c2)CN(C(=O)OCc2ccccc2)CCC3)CC1. The molecule has 1 amide bonds. The van der Waals surface area contributed by atoms with Crippen LogP contribution < -0.4 is 4.90 Å². The first-order valence-corrected chi connectivity index (χ1v) is 11.3. The van der Waals surface area contributed by atoms with Crippen LogP contribution in [0.25, 0.3) is 0 Å². The smallest absolute Gasteiger partial charge is 0.410 e. The van der Waals surface area contributed by atoms with E-state index in [-0.39, 0.29) is 6.09 Å². The molecular formula is C26H33N3O2. The highest BCUT2D eigenvalue weighted by Crippen LogP contribution is 2.26. The molecule has 4 rings (SSSR count). The fraction of sp³-hybridized carbons (Fsp3) is 0.423. The molecule has 0 atom stereocenters. The topological polar surface area (TPSA) is 36.0 Å². The number of carbonyl (C=O) groups excluding carboxylic acids is 1. The Bertz CT molecular complexity index is 904. The number of benzene rings is 2. The molecule has 1 fully saturated rings. The maximum Gasteiger partial charge on any atom is 0.410 e. The van der Waals surface area contributed by atoms with Crippen LogP contribution in [-0.2, 0) is 24.3 Å². The zero-order valence-corrected chi connectivity index (χ0v) is 18.6. The van der Waals surface area contributed by atoms with E-state index in [1.54, 1.807) is 0 Å². The van der Waals surface area contributed by atoms with Gasteiger partial charge in [-0.2, -0.15) is 0 Å². The molecule has 0 unspecified atom stereocenters. The van der Waals surface area contributed by atoms with Gasteiger partial charge in [0.05, 0.1) is 0 Å². The maximum atomic E-state index is 12.7. The van der Waals surface area contributed by atoms with Gasteiger partial charge in [-0.3, -0.25) is 4.90 Å². The number of fused-ring (bicyclic) bond motifs is 1. The number of nitrogens with zero attached hydrogens (tertiary/aromatic N) is 3. The van der Waals surface area contributed by atoms with Crippen molar-refractivity contribution < 1.29 is 9.53 Å². The van der Waals surface area contributed by atoms with Gasteiger partial charge in [-0.05, 0) is 48.6 Å². The van der Waals surface area contributed by atoms with Crippen molar-refractivity contribution in [1.82, 2.24) is 9.80 Å². The number of aryl methyl sites for hydroxylation is 1. The van der Waals surface area contributed by atoms with Crippen molar-refractivity contribution >= 4 is 11.8 Å². The van der Waals surface area contributed by atoms with E-state index >= 15 is 0 Å². The minimum absolute atomic E-state index is 0.226. The van der Waals surface area contributed by atoms with E-state index in [1.807, 2.05) is 35.2 Å². The molecule has 2 aromatic carbocycles. The normalized spacial score (nSPS) is 17.1. The zero-order valence-electron chi connectivity index (χ0n) is 18.6. The number of hydrogen-bond donors (Lipinski definition) is 0. The number of anilines is 1. The summed E-state index contributed by atoms with van der Waals surface area (Å²) < 4.78 is 5.59. The molecular weight excluding hydrogens is 386 g/mol. The van der Waals surface area contributed by atoms with E-state index in [0.29, 0.717) is 13.2 Å². The van der Waals surface area contributed by atoms with E-state index in [1.165, 1.54) is 22.4 Å². The molecule has 0 aliphatic carbocycles. The minimum atomic E-state index is -0.226. The minimum Gasteiger partial charge on any atom is -0.445 e. The standard InChI is InChI=1S/C26H33N3O2/c1-21(2)18-27-13-15-28(16-14-27)25-11-10-23-9-6-12-29(19-24(23)17-25)26(30)31-20-22-7-4-3-5-8-22/h3-5,7-8,10-11,17H,1,6,9,12-16,18-20H2,2H3. The van der Waals surface area contributed by atoms with Gasteiger partial charge in [0.2, 0.25) is 0 Å². The Labute approximate surface area is 185 Å². The molecule has 0 radical (unpaired) electrons. The quantitative estimate of drug-likeness (QED) is 0.670. The van der Waals surface area contributed by atoms with Crippen LogP contribution in [-0.4, -0.2) is 55.2 Å². The third kappa shape index (κ3) is 5.67. The molecule has 5 nitrogen and oxygen atoms in total. The Hall–Kier alpha value is -2.79. The number of rotatable bonds is 5. The first kappa shape index (κ1) is 21.4. The molecule has 2 aliphatic heterocycles. The summed E-state index contributed by atoms with van der Waals surface area (Å²) in [5.74, 6) is 0. The Morgan fingerprint density at radius 3 is 2.52 bits per heavy atom. The Kier molecular flexibility index (Phi) is 6.92. The van der Waals surface area contributed by atoms with Gasteiger partial charge in [-0.25, -0.2) is 4.79 Å². The van der Waals surface area contributed by atoms with Gasteiger partial charge >= 0.3 is 6.09 Å². The summed E-state index contributed by atoms with van der Waals surface area (Å²) in [6.07, 6.45) is 1.74. The fourth-order valence-corrected chi connectivity index (χ4v) is 4.46. The van der Waals surface area contributed by atoms with Crippen molar-refractivity contribution in [3.8, 4) is 0 Å². The number of carbonyl (C=O) groups is 1. The van der Waals surface area contributed by atoms with Crippen molar-refractivity contribution in [2.75, 3.05) is 44.2 Å². The van der Waals surface area contributed by atoms with Crippen molar-refractivity contribution in [3.05, 3.63) is 77.4 Å². The molecule has 0 N–H and O–H groups in total. The molecule has 0 saturated carbocycles. The van der Waals surface area contributed by atoms with Crippen LogP contribution in [0.15, 0.2) is 60.7 Å². The van der Waals surface area contributed by atoms with Crippen LogP contribution in [0.4, 0.5) is 10.5 Å². The Balaban J connectivity index is 1.39. The average Bonchev–Trinajstić information content (AvgIpc) is 3.00. The highest BCUT2D eigenvalue weighted by Gasteiger charge is 2.22. The molecule has 0 aromatic heterocycles. The van der Waals surface area contributed by atoms with E-state index < -0.39 is 0 Å². The van der Waals surface area contributed by atoms with Crippen LogP contribution in [0.2, 0.25) is 0 Å². The van der Waals surface area contributed by atoms with Gasteiger partial charge in [0, 0.05) is 51.5 Å². The summed E-state index contributed by atoms with van der Waals surface area (Å²) in [6.45, 7) is 12.9. The second kappa shape index (κ2) is 10.0. The largest absolute Gasteiger partial charge is 0.445 e. The zero-order chi connectivity index (χ0) is 21.6. The van der Waals surface area contributed by atoms with E-state index in [0.717, 1.165) is 57.7 Å². The lowest BCUT2D eigenvalue weighted by atomic mass is 10.0. The predicted molar refractivity (Wildman–Crippen MR) is 125 cm³/mol. The highest BCUT2D eigenvalue weighted by molar-refractivity contribution is 5.68. The lowest BCUT2D eigenvalue weighted by Gasteiger charge is -2.36. The second-order valence-electron chi connectivity index (χ2n) is 8.74. The van der Waals surface area contributed by atoms with Crippen molar-refractivity contribution in [2.45, 2.75) is 32.9 Å². The van der Waals surface area contributed by atoms with Crippen LogP contribution in [0.3, 0.4) is 0 Å². The lowest BCUT2D eigenvalue weighted by Crippen LogP contribution is -2.46. The average molecular weight is 420 g/mol. The predicted octanol–water partition coefficient (Wildman–Crippen LogP) is 4.47. The van der Waals surface area contributed by atoms with Crippen molar-refractivity contribution in [2.24, 2.45) is 0 Å². The number of amides is 1. The third-order valence-electron chi connectivity index (χ3n) is 6.12. The van der Waals surface area contributed by atoms with Crippen molar-refractivity contribution in [3.63, 3.8) is 0 Å². The van der Waals surface area contributed by atoms with Gasteiger partial charge in [-0.15, -0.1) is 0 Å². The molecule has 0 bridgehead atoms. The van der Waals surface area contributed by atoms with Crippen LogP contribution in [0.5, 0.6) is 0 Å². The highest BCUT2D eigenvalue weighted by atomic mass is 16.6. The van der Waals surface area contributed by atoms with Gasteiger partial charge in [0.15, 0.2) is 0 Å². The van der Waals surface area contributed by atoms with Crippen LogP contribution >= 0.6 is 0 Å². The summed E-state index contributed by atoms with van der Waals surface area (Å²) in [5, 5.41) is 0. The second-order valence-corrected chi connectivity index (χ2v) is 8.74. The first-order chi connectivity index (χ1) is 15.1. The van der Waals surface area contributed by atoms with Gasteiger partial charge in [0.1, 0.15) is 6.61 Å². The summed E-state index contributed by atoms with van der Waals surface area (Å²) in [5.41, 5.74) is 6.09. The lowest BCUT2D eigenvalue weighted by molar-refractivity contribution is 0.0942. The Morgan fingerprint density at radius 1 is 1.00 bits per heavy atom. The third-order valence-corrected chi connectivity index (χ3v) is 6.12. The Morgan fingerprint density at radius 2 is 1.77 bits per heavy atom. The molecule has 31 heavy (non-hydrogen) atoms. The summed E-state index contributed by atoms with van der Waals surface area (Å²) >= 11 is 0. The monoisotopic (exact) mass is 419 g/mol. The molecule has 2 aromatic rings. The molecule has 2 heterocycles. The van der Waals surface area contributed by atoms with Crippen molar-refractivity contribution in [1.29, 1.82) is 0 Å². The fourth-order valence-electron chi connectivity index (χ4n) is 4.46. The summed E-state index contributed by atoms with van der Waals surface area (Å²) in [6, 6.07) is 16.6. The van der Waals surface area contributed by atoms with Gasteiger partial charge in [0.25, 0.3) is 0 Å². The number of piperazine rings is 1. The molecule has 5 heteroatoms. The maximum absolute atomic E-state index is 12.7. The van der Waals surface area contributed by atoms with Gasteiger partial charge < -0.3 is 14.5 Å². The number of hydrogen-bond acceptors (Lipinski definition) is 4.